The van der Waals surface area contributed by atoms with Crippen molar-refractivity contribution < 1.29 is 0 Å². The van der Waals surface area contributed by atoms with Gasteiger partial charge < -0.3 is 5.32 Å². The van der Waals surface area contributed by atoms with Crippen molar-refractivity contribution in [3.8, 4) is 0 Å². The fourth-order valence-corrected chi connectivity index (χ4v) is 2.87. The minimum absolute atomic E-state index is 0.958. The van der Waals surface area contributed by atoms with Gasteiger partial charge in [-0.1, -0.05) is 6.08 Å². The van der Waals surface area contributed by atoms with E-state index >= 15 is 0 Å². The van der Waals surface area contributed by atoms with Crippen LogP contribution < -0.4 is 5.32 Å². The molecule has 0 spiro atoms. The Morgan fingerprint density at radius 3 is 2.74 bits per heavy atom. The first-order valence-corrected chi connectivity index (χ1v) is 7.17. The Labute approximate surface area is 114 Å². The summed E-state index contributed by atoms with van der Waals surface area (Å²) in [6.45, 7) is 13.3. The molecule has 3 heterocycles. The van der Waals surface area contributed by atoms with Crippen molar-refractivity contribution in [2.24, 2.45) is 0 Å². The zero-order chi connectivity index (χ0) is 13.1. The van der Waals surface area contributed by atoms with E-state index in [1.165, 1.54) is 11.4 Å². The molecule has 0 unspecified atom stereocenters. The molecule has 5 heteroatoms. The number of fused-ring (bicyclic) bond motifs is 1. The van der Waals surface area contributed by atoms with Crippen LogP contribution in [0.3, 0.4) is 0 Å². The molecule has 104 valence electrons. The van der Waals surface area contributed by atoms with Crippen molar-refractivity contribution in [1.29, 1.82) is 0 Å². The largest absolute Gasteiger partial charge is 0.309 e. The van der Waals surface area contributed by atoms with E-state index in [1.807, 2.05) is 6.08 Å². The van der Waals surface area contributed by atoms with Gasteiger partial charge in [0, 0.05) is 52.4 Å². The van der Waals surface area contributed by atoms with E-state index in [4.69, 9.17) is 5.10 Å². The highest BCUT2D eigenvalue weighted by Crippen LogP contribution is 2.11. The van der Waals surface area contributed by atoms with Crippen LogP contribution in [0.5, 0.6) is 0 Å². The van der Waals surface area contributed by atoms with Gasteiger partial charge >= 0.3 is 0 Å². The average Bonchev–Trinajstić information content (AvgIpc) is 2.83. The third-order valence-electron chi connectivity index (χ3n) is 3.96. The molecule has 1 aromatic heterocycles. The van der Waals surface area contributed by atoms with Crippen molar-refractivity contribution in [2.45, 2.75) is 19.6 Å². The van der Waals surface area contributed by atoms with E-state index in [2.05, 4.69) is 32.4 Å². The maximum absolute atomic E-state index is 4.71. The van der Waals surface area contributed by atoms with E-state index < -0.39 is 0 Å². The molecule has 2 aliphatic heterocycles. The summed E-state index contributed by atoms with van der Waals surface area (Å²) in [5.74, 6) is 0. The molecule has 0 aliphatic carbocycles. The topological polar surface area (TPSA) is 36.3 Å². The highest BCUT2D eigenvalue weighted by molar-refractivity contribution is 5.11. The molecule has 5 nitrogen and oxygen atoms in total. The predicted molar refractivity (Wildman–Crippen MR) is 75.8 cm³/mol. The van der Waals surface area contributed by atoms with Gasteiger partial charge in [0.05, 0.1) is 17.9 Å². The molecular weight excluding hydrogens is 238 g/mol. The third kappa shape index (κ3) is 3.05. The van der Waals surface area contributed by atoms with Gasteiger partial charge in [-0.25, -0.2) is 0 Å². The van der Waals surface area contributed by atoms with Crippen molar-refractivity contribution in [3.05, 3.63) is 30.1 Å². The van der Waals surface area contributed by atoms with Crippen LogP contribution in [0.4, 0.5) is 0 Å². The third-order valence-corrected chi connectivity index (χ3v) is 3.96. The van der Waals surface area contributed by atoms with Crippen LogP contribution in [-0.2, 0) is 19.6 Å². The van der Waals surface area contributed by atoms with Gasteiger partial charge in [0.15, 0.2) is 0 Å². The summed E-state index contributed by atoms with van der Waals surface area (Å²) >= 11 is 0. The molecule has 1 aromatic rings. The first-order valence-electron chi connectivity index (χ1n) is 7.17. The second kappa shape index (κ2) is 5.86. The lowest BCUT2D eigenvalue weighted by Gasteiger charge is -2.33. The summed E-state index contributed by atoms with van der Waals surface area (Å²) in [6, 6.07) is 2.25. The van der Waals surface area contributed by atoms with Crippen LogP contribution in [0.25, 0.3) is 0 Å². The summed E-state index contributed by atoms with van der Waals surface area (Å²) < 4.78 is 2.15. The lowest BCUT2D eigenvalue weighted by molar-refractivity contribution is 0.135. The highest BCUT2D eigenvalue weighted by atomic mass is 15.3. The highest BCUT2D eigenvalue weighted by Gasteiger charge is 2.18. The Hall–Kier alpha value is -1.17. The Balaban J connectivity index is 1.54. The Morgan fingerprint density at radius 2 is 2.00 bits per heavy atom. The molecule has 0 aromatic carbocycles. The summed E-state index contributed by atoms with van der Waals surface area (Å²) in [7, 11) is 0. The van der Waals surface area contributed by atoms with Gasteiger partial charge in [-0.05, 0) is 6.07 Å². The second-order valence-corrected chi connectivity index (χ2v) is 5.39. The fraction of sp³-hybridized carbons (Fsp3) is 0.643. The van der Waals surface area contributed by atoms with Crippen LogP contribution in [-0.4, -0.2) is 58.8 Å². The maximum atomic E-state index is 4.71. The normalized spacial score (nSPS) is 21.3. The maximum Gasteiger partial charge on any atom is 0.0768 e. The first-order chi connectivity index (χ1) is 9.35. The number of aromatic nitrogens is 2. The minimum Gasteiger partial charge on any atom is -0.309 e. The average molecular weight is 261 g/mol. The molecule has 1 N–H and O–H groups in total. The molecule has 0 radical (unpaired) electrons. The van der Waals surface area contributed by atoms with Gasteiger partial charge in [-0.15, -0.1) is 6.58 Å². The zero-order valence-corrected chi connectivity index (χ0v) is 11.5. The quantitative estimate of drug-likeness (QED) is 0.791. The van der Waals surface area contributed by atoms with E-state index in [0.717, 1.165) is 58.9 Å². The number of rotatable bonds is 4. The van der Waals surface area contributed by atoms with Crippen molar-refractivity contribution in [3.63, 3.8) is 0 Å². The second-order valence-electron chi connectivity index (χ2n) is 5.39. The summed E-state index contributed by atoms with van der Waals surface area (Å²) in [4.78, 5) is 4.95. The van der Waals surface area contributed by atoms with Crippen molar-refractivity contribution in [1.82, 2.24) is 24.9 Å². The van der Waals surface area contributed by atoms with Crippen LogP contribution in [0.15, 0.2) is 18.7 Å². The molecule has 0 bridgehead atoms. The Morgan fingerprint density at radius 1 is 1.21 bits per heavy atom. The van der Waals surface area contributed by atoms with Gasteiger partial charge in [0.25, 0.3) is 0 Å². The minimum atomic E-state index is 0.958. The van der Waals surface area contributed by atoms with E-state index in [1.54, 1.807) is 0 Å². The van der Waals surface area contributed by atoms with Gasteiger partial charge in [0.2, 0.25) is 0 Å². The van der Waals surface area contributed by atoms with Crippen LogP contribution in [0, 0.1) is 0 Å². The summed E-state index contributed by atoms with van der Waals surface area (Å²) in [6.07, 6.45) is 1.99. The standard InChI is InChI=1S/C14H23N5/c1-2-4-17-6-8-18(9-7-17)12-13-10-14-11-15-3-5-19(14)16-13/h2,10,15H,1,3-9,11-12H2. The zero-order valence-electron chi connectivity index (χ0n) is 11.5. The monoisotopic (exact) mass is 261 g/mol. The molecular formula is C14H23N5. The van der Waals surface area contributed by atoms with E-state index in [0.29, 0.717) is 0 Å². The summed E-state index contributed by atoms with van der Waals surface area (Å²) in [5, 5.41) is 8.09. The van der Waals surface area contributed by atoms with Crippen LogP contribution in [0.1, 0.15) is 11.4 Å². The van der Waals surface area contributed by atoms with E-state index in [9.17, 15) is 0 Å². The van der Waals surface area contributed by atoms with Gasteiger partial charge in [0.1, 0.15) is 0 Å². The molecule has 3 rings (SSSR count). The smallest absolute Gasteiger partial charge is 0.0768 e. The lowest BCUT2D eigenvalue weighted by Crippen LogP contribution is -2.45. The SMILES string of the molecule is C=CCN1CCN(Cc2cc3n(n2)CCNC3)CC1. The number of nitrogens with one attached hydrogen (secondary N) is 1. The molecule has 2 aliphatic rings. The molecule has 0 atom stereocenters. The molecule has 1 saturated heterocycles. The molecule has 0 saturated carbocycles. The fourth-order valence-electron chi connectivity index (χ4n) is 2.87. The Bertz CT molecular complexity index is 408. The summed E-state index contributed by atoms with van der Waals surface area (Å²) in [5.41, 5.74) is 2.54. The van der Waals surface area contributed by atoms with Gasteiger partial charge in [-0.2, -0.15) is 5.10 Å². The number of nitrogens with zero attached hydrogens (tertiary/aromatic N) is 4. The lowest BCUT2D eigenvalue weighted by atomic mass is 10.2. The van der Waals surface area contributed by atoms with Crippen LogP contribution >= 0.6 is 0 Å². The molecule has 1 fully saturated rings. The predicted octanol–water partition coefficient (Wildman–Crippen LogP) is 0.290. The van der Waals surface area contributed by atoms with Crippen molar-refractivity contribution >= 4 is 0 Å². The van der Waals surface area contributed by atoms with Gasteiger partial charge in [-0.3, -0.25) is 14.5 Å². The number of hydrogen-bond acceptors (Lipinski definition) is 4. The van der Waals surface area contributed by atoms with Crippen LogP contribution in [0.2, 0.25) is 0 Å². The first kappa shape index (κ1) is 12.8. The molecule has 19 heavy (non-hydrogen) atoms. The molecule has 0 amide bonds. The van der Waals surface area contributed by atoms with E-state index in [-0.39, 0.29) is 0 Å². The Kier molecular flexibility index (Phi) is 3.96. The number of hydrogen-bond donors (Lipinski definition) is 1. The van der Waals surface area contributed by atoms with Crippen molar-refractivity contribution in [2.75, 3.05) is 39.3 Å². The number of piperazine rings is 1.